The van der Waals surface area contributed by atoms with E-state index in [4.69, 9.17) is 0 Å². The Balaban J connectivity index is 1.68. The summed E-state index contributed by atoms with van der Waals surface area (Å²) < 4.78 is 0. The SMILES string of the molecule is CCC1(C(=O)N2CCC3C(CCCN3C)C2)CCNC1. The van der Waals surface area contributed by atoms with E-state index in [2.05, 4.69) is 29.1 Å². The number of nitrogens with zero attached hydrogens (tertiary/aromatic N) is 2. The fraction of sp³-hybridized carbons (Fsp3) is 0.938. The van der Waals surface area contributed by atoms with Gasteiger partial charge >= 0.3 is 0 Å². The standard InChI is InChI=1S/C16H29N3O/c1-3-16(7-8-17-12-16)15(20)19-10-6-14-13(11-19)5-4-9-18(14)2/h13-14,17H,3-12H2,1-2H3. The molecule has 114 valence electrons. The predicted molar refractivity (Wildman–Crippen MR) is 80.5 cm³/mol. The molecule has 0 saturated carbocycles. The number of nitrogens with one attached hydrogen (secondary N) is 1. The minimum absolute atomic E-state index is 0.104. The third-order valence-corrected chi connectivity index (χ3v) is 6.01. The molecule has 3 aliphatic rings. The van der Waals surface area contributed by atoms with E-state index in [0.29, 0.717) is 17.9 Å². The lowest BCUT2D eigenvalue weighted by molar-refractivity contribution is -0.145. The molecule has 3 heterocycles. The van der Waals surface area contributed by atoms with Gasteiger partial charge in [0.25, 0.3) is 0 Å². The highest BCUT2D eigenvalue weighted by molar-refractivity contribution is 5.83. The van der Waals surface area contributed by atoms with E-state index in [1.54, 1.807) is 0 Å². The van der Waals surface area contributed by atoms with Gasteiger partial charge in [-0.15, -0.1) is 0 Å². The summed E-state index contributed by atoms with van der Waals surface area (Å²) in [6, 6.07) is 0.715. The lowest BCUT2D eigenvalue weighted by atomic mass is 9.79. The average Bonchev–Trinajstić information content (AvgIpc) is 2.96. The van der Waals surface area contributed by atoms with Crippen molar-refractivity contribution in [3.63, 3.8) is 0 Å². The van der Waals surface area contributed by atoms with Gasteiger partial charge in [0.15, 0.2) is 0 Å². The quantitative estimate of drug-likeness (QED) is 0.828. The van der Waals surface area contributed by atoms with Gasteiger partial charge < -0.3 is 15.1 Å². The molecule has 1 amide bonds. The fourth-order valence-corrected chi connectivity index (χ4v) is 4.55. The number of piperidine rings is 2. The van der Waals surface area contributed by atoms with E-state index in [-0.39, 0.29) is 5.41 Å². The van der Waals surface area contributed by atoms with Crippen LogP contribution in [0.4, 0.5) is 0 Å². The number of amides is 1. The van der Waals surface area contributed by atoms with Gasteiger partial charge in [0.05, 0.1) is 5.41 Å². The molecule has 3 atom stereocenters. The minimum Gasteiger partial charge on any atom is -0.342 e. The Morgan fingerprint density at radius 1 is 1.35 bits per heavy atom. The van der Waals surface area contributed by atoms with Crippen molar-refractivity contribution in [3.8, 4) is 0 Å². The average molecular weight is 279 g/mol. The molecule has 1 N–H and O–H groups in total. The molecule has 0 radical (unpaired) electrons. The predicted octanol–water partition coefficient (Wildman–Crippen LogP) is 1.32. The van der Waals surface area contributed by atoms with Crippen LogP contribution in [0.25, 0.3) is 0 Å². The van der Waals surface area contributed by atoms with Crippen LogP contribution in [0.1, 0.15) is 39.0 Å². The highest BCUT2D eigenvalue weighted by Gasteiger charge is 2.44. The maximum absolute atomic E-state index is 13.0. The molecule has 4 heteroatoms. The van der Waals surface area contributed by atoms with Gasteiger partial charge in [-0.1, -0.05) is 6.92 Å². The molecule has 0 aromatic carbocycles. The summed E-state index contributed by atoms with van der Waals surface area (Å²) in [4.78, 5) is 17.7. The number of hydrogen-bond acceptors (Lipinski definition) is 3. The smallest absolute Gasteiger partial charge is 0.230 e. The monoisotopic (exact) mass is 279 g/mol. The van der Waals surface area contributed by atoms with E-state index in [0.717, 1.165) is 39.0 Å². The second-order valence-corrected chi connectivity index (χ2v) is 7.05. The summed E-state index contributed by atoms with van der Waals surface area (Å²) in [5.41, 5.74) is -0.104. The highest BCUT2D eigenvalue weighted by Crippen LogP contribution is 2.35. The number of rotatable bonds is 2. The Labute approximate surface area is 122 Å². The van der Waals surface area contributed by atoms with Crippen LogP contribution in [0.5, 0.6) is 0 Å². The second kappa shape index (κ2) is 5.64. The summed E-state index contributed by atoms with van der Waals surface area (Å²) in [5, 5.41) is 3.39. The summed E-state index contributed by atoms with van der Waals surface area (Å²) in [6.07, 6.45) is 5.76. The van der Waals surface area contributed by atoms with Gasteiger partial charge in [-0.25, -0.2) is 0 Å². The first-order chi connectivity index (χ1) is 9.66. The number of carbonyl (C=O) groups excluding carboxylic acids is 1. The number of hydrogen-bond donors (Lipinski definition) is 1. The largest absolute Gasteiger partial charge is 0.342 e. The summed E-state index contributed by atoms with van der Waals surface area (Å²) in [6.45, 7) is 7.25. The fourth-order valence-electron chi connectivity index (χ4n) is 4.55. The van der Waals surface area contributed by atoms with Crippen molar-refractivity contribution >= 4 is 5.91 Å². The summed E-state index contributed by atoms with van der Waals surface area (Å²) in [7, 11) is 2.25. The number of carbonyl (C=O) groups is 1. The van der Waals surface area contributed by atoms with Crippen LogP contribution < -0.4 is 5.32 Å². The molecular weight excluding hydrogens is 250 g/mol. The van der Waals surface area contributed by atoms with Crippen molar-refractivity contribution in [3.05, 3.63) is 0 Å². The molecule has 0 spiro atoms. The van der Waals surface area contributed by atoms with Gasteiger partial charge in [-0.05, 0) is 58.2 Å². The van der Waals surface area contributed by atoms with Crippen molar-refractivity contribution in [1.29, 1.82) is 0 Å². The Kier molecular flexibility index (Phi) is 4.04. The van der Waals surface area contributed by atoms with Crippen LogP contribution >= 0.6 is 0 Å². The van der Waals surface area contributed by atoms with Gasteiger partial charge in [0, 0.05) is 25.7 Å². The molecule has 0 bridgehead atoms. The molecular formula is C16H29N3O. The first-order valence-electron chi connectivity index (χ1n) is 8.36. The Morgan fingerprint density at radius 2 is 2.20 bits per heavy atom. The van der Waals surface area contributed by atoms with E-state index in [1.165, 1.54) is 25.8 Å². The molecule has 3 rings (SSSR count). The van der Waals surface area contributed by atoms with E-state index in [9.17, 15) is 4.79 Å². The maximum atomic E-state index is 13.0. The zero-order valence-corrected chi connectivity index (χ0v) is 13.0. The first kappa shape index (κ1) is 14.3. The second-order valence-electron chi connectivity index (χ2n) is 7.05. The molecule has 3 unspecified atom stereocenters. The molecule has 20 heavy (non-hydrogen) atoms. The minimum atomic E-state index is -0.104. The maximum Gasteiger partial charge on any atom is 0.230 e. The van der Waals surface area contributed by atoms with Crippen molar-refractivity contribution in [2.24, 2.45) is 11.3 Å². The number of fused-ring (bicyclic) bond motifs is 1. The van der Waals surface area contributed by atoms with E-state index < -0.39 is 0 Å². The lowest BCUT2D eigenvalue weighted by Crippen LogP contribution is -2.56. The van der Waals surface area contributed by atoms with Crippen molar-refractivity contribution in [2.75, 3.05) is 39.8 Å². The van der Waals surface area contributed by atoms with Crippen molar-refractivity contribution in [1.82, 2.24) is 15.1 Å². The van der Waals surface area contributed by atoms with E-state index in [1.807, 2.05) is 0 Å². The summed E-state index contributed by atoms with van der Waals surface area (Å²) in [5.74, 6) is 1.13. The van der Waals surface area contributed by atoms with Gasteiger partial charge in [-0.3, -0.25) is 4.79 Å². The molecule has 3 aliphatic heterocycles. The van der Waals surface area contributed by atoms with Crippen LogP contribution in [0.2, 0.25) is 0 Å². The zero-order valence-electron chi connectivity index (χ0n) is 13.0. The van der Waals surface area contributed by atoms with Gasteiger partial charge in [0.2, 0.25) is 5.91 Å². The van der Waals surface area contributed by atoms with Crippen LogP contribution in [0, 0.1) is 11.3 Å². The Morgan fingerprint density at radius 3 is 2.90 bits per heavy atom. The molecule has 3 fully saturated rings. The normalized spacial score (nSPS) is 38.8. The highest BCUT2D eigenvalue weighted by atomic mass is 16.2. The van der Waals surface area contributed by atoms with Crippen LogP contribution in [-0.2, 0) is 4.79 Å². The summed E-state index contributed by atoms with van der Waals surface area (Å²) >= 11 is 0. The zero-order chi connectivity index (χ0) is 14.2. The van der Waals surface area contributed by atoms with Crippen molar-refractivity contribution in [2.45, 2.75) is 45.1 Å². The topological polar surface area (TPSA) is 35.6 Å². The molecule has 4 nitrogen and oxygen atoms in total. The van der Waals surface area contributed by atoms with E-state index >= 15 is 0 Å². The molecule has 0 aromatic heterocycles. The van der Waals surface area contributed by atoms with Crippen molar-refractivity contribution < 1.29 is 4.79 Å². The molecule has 0 aromatic rings. The third kappa shape index (κ3) is 2.37. The lowest BCUT2D eigenvalue weighted by Gasteiger charge is -2.47. The Hall–Kier alpha value is -0.610. The van der Waals surface area contributed by atoms with Gasteiger partial charge in [-0.2, -0.15) is 0 Å². The Bertz CT molecular complexity index is 365. The van der Waals surface area contributed by atoms with Crippen LogP contribution in [0.15, 0.2) is 0 Å². The third-order valence-electron chi connectivity index (χ3n) is 6.01. The van der Waals surface area contributed by atoms with Crippen LogP contribution in [0.3, 0.4) is 0 Å². The number of likely N-dealkylation sites (tertiary alicyclic amines) is 2. The van der Waals surface area contributed by atoms with Crippen LogP contribution in [-0.4, -0.2) is 61.5 Å². The molecule has 3 saturated heterocycles. The molecule has 0 aliphatic carbocycles. The van der Waals surface area contributed by atoms with Gasteiger partial charge in [0.1, 0.15) is 0 Å². The first-order valence-corrected chi connectivity index (χ1v) is 8.36.